The molecule has 1 N–H and O–H groups in total. The summed E-state index contributed by atoms with van der Waals surface area (Å²) in [6, 6.07) is 12.3. The van der Waals surface area contributed by atoms with Crippen molar-refractivity contribution in [3.63, 3.8) is 0 Å². The van der Waals surface area contributed by atoms with E-state index in [0.717, 1.165) is 6.07 Å². The topological polar surface area (TPSA) is 65.2 Å². The largest absolute Gasteiger partial charge is 0.274 e. The van der Waals surface area contributed by atoms with Crippen molar-refractivity contribution < 1.29 is 9.18 Å². The first-order valence-corrected chi connectivity index (χ1v) is 6.27. The third kappa shape index (κ3) is 3.65. The highest BCUT2D eigenvalue weighted by Gasteiger charge is 2.11. The Hall–Kier alpha value is -2.71. The summed E-state index contributed by atoms with van der Waals surface area (Å²) in [5.74, 6) is -1.49. The van der Waals surface area contributed by atoms with Crippen molar-refractivity contribution in [2.45, 2.75) is 0 Å². The number of benzene rings is 2. The molecule has 0 saturated carbocycles. The van der Waals surface area contributed by atoms with Gasteiger partial charge in [-0.1, -0.05) is 29.8 Å². The molecule has 0 spiro atoms. The molecule has 6 heteroatoms. The van der Waals surface area contributed by atoms with Crippen LogP contribution < -0.4 is 5.43 Å². The maximum atomic E-state index is 13.6. The summed E-state index contributed by atoms with van der Waals surface area (Å²) in [4.78, 5) is 11.8. The molecule has 0 aliphatic heterocycles. The van der Waals surface area contributed by atoms with Crippen molar-refractivity contribution in [2.24, 2.45) is 5.10 Å². The molecule has 104 valence electrons. The Morgan fingerprint density at radius 2 is 2.10 bits per heavy atom. The van der Waals surface area contributed by atoms with Crippen LogP contribution in [0.5, 0.6) is 0 Å². The molecule has 0 radical (unpaired) electrons. The second-order valence-electron chi connectivity index (χ2n) is 4.03. The number of amides is 1. The van der Waals surface area contributed by atoms with Gasteiger partial charge in [0.15, 0.2) is 0 Å². The SMILES string of the molecule is N#Cc1ccc(C(=O)NN=Cc2ccccc2Cl)c(F)c1. The van der Waals surface area contributed by atoms with Gasteiger partial charge < -0.3 is 0 Å². The third-order valence-electron chi connectivity index (χ3n) is 2.62. The van der Waals surface area contributed by atoms with Crippen molar-refractivity contribution in [1.82, 2.24) is 5.43 Å². The number of nitriles is 1. The minimum Gasteiger partial charge on any atom is -0.267 e. The van der Waals surface area contributed by atoms with Crippen molar-refractivity contribution in [3.05, 3.63) is 70.0 Å². The Bertz CT molecular complexity index is 753. The van der Waals surface area contributed by atoms with E-state index in [1.54, 1.807) is 30.3 Å². The van der Waals surface area contributed by atoms with Crippen LogP contribution in [-0.2, 0) is 0 Å². The first-order chi connectivity index (χ1) is 10.1. The smallest absolute Gasteiger partial charge is 0.267 e. The van der Waals surface area contributed by atoms with Crippen LogP contribution in [0.15, 0.2) is 47.6 Å². The molecule has 1 amide bonds. The van der Waals surface area contributed by atoms with Crippen LogP contribution in [0, 0.1) is 17.1 Å². The Morgan fingerprint density at radius 1 is 1.33 bits per heavy atom. The zero-order chi connectivity index (χ0) is 15.2. The number of carbonyl (C=O) groups is 1. The lowest BCUT2D eigenvalue weighted by Gasteiger charge is -2.02. The monoisotopic (exact) mass is 301 g/mol. The molecule has 0 saturated heterocycles. The van der Waals surface area contributed by atoms with E-state index >= 15 is 0 Å². The molecule has 0 unspecified atom stereocenters. The first-order valence-electron chi connectivity index (χ1n) is 5.89. The van der Waals surface area contributed by atoms with E-state index in [9.17, 15) is 9.18 Å². The number of hydrogen-bond acceptors (Lipinski definition) is 3. The van der Waals surface area contributed by atoms with Gasteiger partial charge in [-0.15, -0.1) is 0 Å². The third-order valence-corrected chi connectivity index (χ3v) is 2.96. The standard InChI is InChI=1S/C15H9ClFN3O/c16-13-4-2-1-3-11(13)9-19-20-15(21)12-6-5-10(8-18)7-14(12)17/h1-7,9H,(H,20,21). The highest BCUT2D eigenvalue weighted by atomic mass is 35.5. The van der Waals surface area contributed by atoms with Crippen molar-refractivity contribution in [3.8, 4) is 6.07 Å². The molecule has 0 aromatic heterocycles. The van der Waals surface area contributed by atoms with Gasteiger partial charge in [-0.2, -0.15) is 10.4 Å². The van der Waals surface area contributed by atoms with Crippen LogP contribution in [0.3, 0.4) is 0 Å². The van der Waals surface area contributed by atoms with Crippen LogP contribution in [0.1, 0.15) is 21.5 Å². The number of hydrazone groups is 1. The molecule has 21 heavy (non-hydrogen) atoms. The summed E-state index contributed by atoms with van der Waals surface area (Å²) in [5, 5.41) is 12.8. The maximum Gasteiger partial charge on any atom is 0.274 e. The fraction of sp³-hybridized carbons (Fsp3) is 0. The summed E-state index contributed by atoms with van der Waals surface area (Å²) in [7, 11) is 0. The normalized spacial score (nSPS) is 10.3. The molecule has 0 bridgehead atoms. The van der Waals surface area contributed by atoms with Crippen LogP contribution in [-0.4, -0.2) is 12.1 Å². The second kappa shape index (κ2) is 6.64. The Labute approximate surface area is 125 Å². The molecule has 0 aliphatic carbocycles. The minimum absolute atomic E-state index is 0.142. The Balaban J connectivity index is 2.09. The number of rotatable bonds is 3. The highest BCUT2D eigenvalue weighted by molar-refractivity contribution is 6.33. The van der Waals surface area contributed by atoms with E-state index in [-0.39, 0.29) is 11.1 Å². The van der Waals surface area contributed by atoms with Crippen molar-refractivity contribution in [2.75, 3.05) is 0 Å². The van der Waals surface area contributed by atoms with Crippen LogP contribution in [0.25, 0.3) is 0 Å². The van der Waals surface area contributed by atoms with Gasteiger partial charge in [-0.05, 0) is 24.3 Å². The molecular weight excluding hydrogens is 293 g/mol. The van der Waals surface area contributed by atoms with Gasteiger partial charge in [0.05, 0.1) is 23.4 Å². The summed E-state index contributed by atoms with van der Waals surface area (Å²) >= 11 is 5.92. The summed E-state index contributed by atoms with van der Waals surface area (Å²) in [6.45, 7) is 0. The highest BCUT2D eigenvalue weighted by Crippen LogP contribution is 2.12. The zero-order valence-electron chi connectivity index (χ0n) is 10.7. The molecule has 0 atom stereocenters. The van der Waals surface area contributed by atoms with Gasteiger partial charge in [0.25, 0.3) is 5.91 Å². The average Bonchev–Trinajstić information content (AvgIpc) is 2.48. The number of hydrogen-bond donors (Lipinski definition) is 1. The lowest BCUT2D eigenvalue weighted by atomic mass is 10.1. The molecule has 2 aromatic carbocycles. The van der Waals surface area contributed by atoms with E-state index in [0.29, 0.717) is 10.6 Å². The lowest BCUT2D eigenvalue weighted by Crippen LogP contribution is -2.19. The molecular formula is C15H9ClFN3O. The van der Waals surface area contributed by atoms with Crippen molar-refractivity contribution in [1.29, 1.82) is 5.26 Å². The molecule has 4 nitrogen and oxygen atoms in total. The number of nitrogens with one attached hydrogen (secondary N) is 1. The van der Waals surface area contributed by atoms with Crippen LogP contribution in [0.2, 0.25) is 5.02 Å². The quantitative estimate of drug-likeness (QED) is 0.699. The lowest BCUT2D eigenvalue weighted by molar-refractivity contribution is 0.0951. The first kappa shape index (κ1) is 14.7. The summed E-state index contributed by atoms with van der Waals surface area (Å²) in [6.07, 6.45) is 1.36. The van der Waals surface area contributed by atoms with Crippen molar-refractivity contribution >= 4 is 23.7 Å². The zero-order valence-corrected chi connectivity index (χ0v) is 11.4. The van der Waals surface area contributed by atoms with Gasteiger partial charge in [-0.3, -0.25) is 4.79 Å². The van der Waals surface area contributed by atoms with Crippen LogP contribution >= 0.6 is 11.6 Å². The predicted molar refractivity (Wildman–Crippen MR) is 77.6 cm³/mol. The molecule has 0 heterocycles. The van der Waals surface area contributed by atoms with Gasteiger partial charge in [0.2, 0.25) is 0 Å². The van der Waals surface area contributed by atoms with E-state index in [1.165, 1.54) is 18.3 Å². The van der Waals surface area contributed by atoms with Gasteiger partial charge >= 0.3 is 0 Å². The minimum atomic E-state index is -0.778. The molecule has 2 aromatic rings. The summed E-state index contributed by atoms with van der Waals surface area (Å²) < 4.78 is 13.6. The second-order valence-corrected chi connectivity index (χ2v) is 4.43. The predicted octanol–water partition coefficient (Wildman–Crippen LogP) is 3.11. The van der Waals surface area contributed by atoms with Gasteiger partial charge in [-0.25, -0.2) is 9.82 Å². The summed E-state index contributed by atoms with van der Waals surface area (Å²) in [5.41, 5.74) is 2.78. The Kier molecular flexibility index (Phi) is 4.64. The van der Waals surface area contributed by atoms with E-state index < -0.39 is 11.7 Å². The number of halogens is 2. The fourth-order valence-corrected chi connectivity index (χ4v) is 1.75. The van der Waals surface area contributed by atoms with Crippen LogP contribution in [0.4, 0.5) is 4.39 Å². The molecule has 0 aliphatic rings. The Morgan fingerprint density at radius 3 is 2.76 bits per heavy atom. The van der Waals surface area contributed by atoms with Gasteiger partial charge in [0.1, 0.15) is 5.82 Å². The van der Waals surface area contributed by atoms with E-state index in [4.69, 9.17) is 16.9 Å². The maximum absolute atomic E-state index is 13.6. The number of carbonyl (C=O) groups excluding carboxylic acids is 1. The van der Waals surface area contributed by atoms with Gasteiger partial charge in [0, 0.05) is 10.6 Å². The molecule has 2 rings (SSSR count). The fourth-order valence-electron chi connectivity index (χ4n) is 1.57. The van der Waals surface area contributed by atoms with E-state index in [2.05, 4.69) is 10.5 Å². The van der Waals surface area contributed by atoms with E-state index in [1.807, 2.05) is 0 Å². The average molecular weight is 302 g/mol. The molecule has 0 fully saturated rings. The number of nitrogens with zero attached hydrogens (tertiary/aromatic N) is 2.